The largest absolute Gasteiger partial charge is 0.393 e. The minimum absolute atomic E-state index is 0.0965. The average Bonchev–Trinajstić information content (AvgIpc) is 2.96. The lowest BCUT2D eigenvalue weighted by Gasteiger charge is -2.31. The van der Waals surface area contributed by atoms with E-state index in [-0.39, 0.29) is 10.9 Å². The Hall–Kier alpha value is -2.13. The maximum Gasteiger partial charge on any atom is 0.240 e. The molecule has 1 heterocycles. The molecule has 9 heteroatoms. The highest BCUT2D eigenvalue weighted by Crippen LogP contribution is 2.36. The Balaban J connectivity index is 1.70. The van der Waals surface area contributed by atoms with Crippen molar-refractivity contribution >= 4 is 38.3 Å². The van der Waals surface area contributed by atoms with Crippen LogP contribution in [-0.4, -0.2) is 35.9 Å². The van der Waals surface area contributed by atoms with Gasteiger partial charge in [-0.15, -0.1) is 0 Å². The quantitative estimate of drug-likeness (QED) is 0.530. The molecule has 1 saturated carbocycles. The minimum atomic E-state index is -3.69. The first-order valence-corrected chi connectivity index (χ1v) is 10.4. The van der Waals surface area contributed by atoms with E-state index in [0.717, 1.165) is 27.6 Å². The summed E-state index contributed by atoms with van der Waals surface area (Å²) in [6, 6.07) is 8.19. The van der Waals surface area contributed by atoms with Crippen molar-refractivity contribution in [3.63, 3.8) is 0 Å². The van der Waals surface area contributed by atoms with E-state index in [0.29, 0.717) is 23.7 Å². The van der Waals surface area contributed by atoms with Crippen LogP contribution in [-0.2, 0) is 10.0 Å². The number of benzene rings is 2. The molecule has 1 aliphatic carbocycles. The second kappa shape index (κ2) is 6.49. The van der Waals surface area contributed by atoms with E-state index in [1.807, 2.05) is 19.1 Å². The van der Waals surface area contributed by atoms with Gasteiger partial charge in [-0.2, -0.15) is 5.10 Å². The molecular formula is C18H19ClN4O3S. The fraction of sp³-hybridized carbons (Fsp3) is 0.278. The van der Waals surface area contributed by atoms with Gasteiger partial charge in [0.15, 0.2) is 5.82 Å². The lowest BCUT2D eigenvalue weighted by molar-refractivity contribution is 0.0712. The van der Waals surface area contributed by atoms with Crippen molar-refractivity contribution in [2.75, 3.05) is 5.73 Å². The van der Waals surface area contributed by atoms with E-state index in [2.05, 4.69) is 14.9 Å². The van der Waals surface area contributed by atoms with Crippen LogP contribution in [0.15, 0.2) is 35.2 Å². The number of rotatable bonds is 4. The molecule has 1 aliphatic rings. The molecule has 0 radical (unpaired) electrons. The first-order valence-electron chi connectivity index (χ1n) is 8.50. The average molecular weight is 407 g/mol. The number of H-pyrrole nitrogens is 1. The number of aromatic nitrogens is 2. The summed E-state index contributed by atoms with van der Waals surface area (Å²) < 4.78 is 27.6. The van der Waals surface area contributed by atoms with E-state index < -0.39 is 16.1 Å². The first kappa shape index (κ1) is 18.2. The highest BCUT2D eigenvalue weighted by Gasteiger charge is 2.31. The highest BCUT2D eigenvalue weighted by molar-refractivity contribution is 7.89. The number of hydrogen-bond donors (Lipinski definition) is 4. The zero-order valence-electron chi connectivity index (χ0n) is 14.5. The molecule has 5 N–H and O–H groups in total. The van der Waals surface area contributed by atoms with Crippen LogP contribution in [0, 0.1) is 6.92 Å². The molecule has 3 aromatic rings. The maximum atomic E-state index is 12.5. The summed E-state index contributed by atoms with van der Waals surface area (Å²) in [5.74, 6) is 0.409. The van der Waals surface area contributed by atoms with E-state index >= 15 is 0 Å². The number of nitrogens with zero attached hydrogens (tertiary/aromatic N) is 1. The van der Waals surface area contributed by atoms with Gasteiger partial charge in [-0.25, -0.2) is 13.1 Å². The van der Waals surface area contributed by atoms with Gasteiger partial charge < -0.3 is 10.8 Å². The predicted octanol–water partition coefficient (Wildman–Crippen LogP) is 2.58. The second-order valence-corrected chi connectivity index (χ2v) is 8.98. The number of aliphatic hydroxyl groups is 1. The molecular weight excluding hydrogens is 388 g/mol. The number of nitrogen functional groups attached to an aromatic ring is 1. The molecule has 0 saturated heterocycles. The summed E-state index contributed by atoms with van der Waals surface area (Å²) >= 11 is 6.43. The molecule has 0 atom stereocenters. The number of nitrogens with one attached hydrogen (secondary N) is 2. The van der Waals surface area contributed by atoms with Crippen LogP contribution in [0.4, 0.5) is 5.82 Å². The molecule has 1 aromatic heterocycles. The third kappa shape index (κ3) is 3.19. The monoisotopic (exact) mass is 406 g/mol. The van der Waals surface area contributed by atoms with E-state index in [1.54, 1.807) is 6.07 Å². The zero-order chi connectivity index (χ0) is 19.3. The molecule has 0 bridgehead atoms. The Bertz CT molecular complexity index is 1140. The molecule has 2 aromatic carbocycles. The molecule has 4 rings (SSSR count). The third-order valence-corrected chi connectivity index (χ3v) is 6.82. The lowest BCUT2D eigenvalue weighted by Crippen LogP contribution is -2.46. The molecule has 1 fully saturated rings. The highest BCUT2D eigenvalue weighted by atomic mass is 35.5. The van der Waals surface area contributed by atoms with E-state index in [1.165, 1.54) is 12.1 Å². The fourth-order valence-electron chi connectivity index (χ4n) is 3.46. The summed E-state index contributed by atoms with van der Waals surface area (Å²) in [4.78, 5) is 0.0965. The molecule has 0 spiro atoms. The van der Waals surface area contributed by atoms with Gasteiger partial charge in [0, 0.05) is 22.0 Å². The first-order chi connectivity index (χ1) is 12.8. The fourth-order valence-corrected chi connectivity index (χ4v) is 5.09. The second-order valence-electron chi connectivity index (χ2n) is 6.85. The zero-order valence-corrected chi connectivity index (χ0v) is 16.1. The van der Waals surface area contributed by atoms with Gasteiger partial charge in [0.2, 0.25) is 10.0 Å². The SMILES string of the molecule is Cc1c(-c2ccc(S(=O)(=O)NC3CC(O)C3)cc2Cl)ccc2[nH]nc(N)c12. The van der Waals surface area contributed by atoms with Crippen LogP contribution in [0.25, 0.3) is 22.0 Å². The number of aryl methyl sites for hydroxylation is 1. The summed E-state index contributed by atoms with van der Waals surface area (Å²) in [6.45, 7) is 1.92. The number of anilines is 1. The molecule has 0 amide bonds. The van der Waals surface area contributed by atoms with Crippen molar-refractivity contribution in [1.29, 1.82) is 0 Å². The van der Waals surface area contributed by atoms with Gasteiger partial charge in [-0.05, 0) is 49.1 Å². The van der Waals surface area contributed by atoms with Crippen molar-refractivity contribution in [3.05, 3.63) is 40.9 Å². The van der Waals surface area contributed by atoms with Crippen LogP contribution >= 0.6 is 11.6 Å². The number of fused-ring (bicyclic) bond motifs is 1. The summed E-state index contributed by atoms with van der Waals surface area (Å²) in [5, 5.41) is 17.4. The van der Waals surface area contributed by atoms with Crippen LogP contribution < -0.4 is 10.5 Å². The molecule has 0 aliphatic heterocycles. The molecule has 27 heavy (non-hydrogen) atoms. The molecule has 142 valence electrons. The standard InChI is InChI=1S/C18H19ClN4O3S/c1-9-13(4-5-16-17(9)18(20)22-21-16)14-3-2-12(8-15(14)19)27(25,26)23-10-6-11(24)7-10/h2-5,8,10-11,23-24H,6-7H2,1H3,(H3,20,21,22). The van der Waals surface area contributed by atoms with Crippen LogP contribution in [0.1, 0.15) is 18.4 Å². The Morgan fingerprint density at radius 1 is 1.26 bits per heavy atom. The van der Waals surface area contributed by atoms with Gasteiger partial charge in [0.05, 0.1) is 16.5 Å². The van der Waals surface area contributed by atoms with Crippen LogP contribution in [0.3, 0.4) is 0 Å². The normalized spacial score (nSPS) is 20.0. The smallest absolute Gasteiger partial charge is 0.240 e. The summed E-state index contributed by atoms with van der Waals surface area (Å²) in [7, 11) is -3.69. The Kier molecular flexibility index (Phi) is 4.38. The van der Waals surface area contributed by atoms with E-state index in [9.17, 15) is 13.5 Å². The summed E-state index contributed by atoms with van der Waals surface area (Å²) in [5.41, 5.74) is 9.26. The number of hydrogen-bond acceptors (Lipinski definition) is 5. The van der Waals surface area contributed by atoms with Gasteiger partial charge in [-0.3, -0.25) is 5.10 Å². The van der Waals surface area contributed by atoms with Gasteiger partial charge in [-0.1, -0.05) is 23.7 Å². The van der Waals surface area contributed by atoms with Crippen molar-refractivity contribution in [2.45, 2.75) is 36.8 Å². The number of aliphatic hydroxyl groups excluding tert-OH is 1. The maximum absolute atomic E-state index is 12.5. The third-order valence-electron chi connectivity index (χ3n) is 4.99. The van der Waals surface area contributed by atoms with Crippen molar-refractivity contribution in [3.8, 4) is 11.1 Å². The van der Waals surface area contributed by atoms with E-state index in [4.69, 9.17) is 17.3 Å². The number of sulfonamides is 1. The minimum Gasteiger partial charge on any atom is -0.393 e. The Labute approximate surface area is 161 Å². The van der Waals surface area contributed by atoms with Crippen LogP contribution in [0.5, 0.6) is 0 Å². The molecule has 0 unspecified atom stereocenters. The van der Waals surface area contributed by atoms with Crippen molar-refractivity contribution in [2.24, 2.45) is 0 Å². The number of nitrogens with two attached hydrogens (primary N) is 1. The predicted molar refractivity (Wildman–Crippen MR) is 105 cm³/mol. The Morgan fingerprint density at radius 3 is 2.63 bits per heavy atom. The van der Waals surface area contributed by atoms with Crippen LogP contribution in [0.2, 0.25) is 5.02 Å². The van der Waals surface area contributed by atoms with Crippen molar-refractivity contribution in [1.82, 2.24) is 14.9 Å². The molecule has 7 nitrogen and oxygen atoms in total. The lowest BCUT2D eigenvalue weighted by atomic mass is 9.91. The van der Waals surface area contributed by atoms with Crippen molar-refractivity contribution < 1.29 is 13.5 Å². The van der Waals surface area contributed by atoms with Gasteiger partial charge in [0.1, 0.15) is 0 Å². The Morgan fingerprint density at radius 2 is 1.96 bits per heavy atom. The van der Waals surface area contributed by atoms with Gasteiger partial charge >= 0.3 is 0 Å². The number of halogens is 1. The number of aromatic amines is 1. The topological polar surface area (TPSA) is 121 Å². The van der Waals surface area contributed by atoms with Gasteiger partial charge in [0.25, 0.3) is 0 Å². The summed E-state index contributed by atoms with van der Waals surface area (Å²) in [6.07, 6.45) is 0.421.